The summed E-state index contributed by atoms with van der Waals surface area (Å²) in [5.41, 5.74) is 31.6. The molecular formula is C30H58B13N9O4. The molecule has 0 aliphatic carbocycles. The zero-order chi connectivity index (χ0) is 43.1. The molecule has 2 rings (SSSR count). The number of amides is 4. The van der Waals surface area contributed by atoms with E-state index in [0.717, 1.165) is 38.4 Å². The predicted octanol–water partition coefficient (Wildman–Crippen LogP) is -17.7. The fourth-order valence-electron chi connectivity index (χ4n) is 7.43. The molecule has 4 atom stereocenters. The second-order valence-corrected chi connectivity index (χ2v) is 17.7. The summed E-state index contributed by atoms with van der Waals surface area (Å²) in [5.74, 6) is -2.69. The molecule has 0 saturated carbocycles. The van der Waals surface area contributed by atoms with Crippen molar-refractivity contribution in [3.05, 3.63) is 41.5 Å². The summed E-state index contributed by atoms with van der Waals surface area (Å²) in [6.45, 7) is 0.274. The number of hydrogen-bond acceptors (Lipinski definition) is 7. The molecule has 0 aromatic heterocycles. The Morgan fingerprint density at radius 2 is 1.16 bits per heavy atom. The van der Waals surface area contributed by atoms with E-state index in [0.29, 0.717) is 6.42 Å². The number of rotatable bonds is 19. The Kier molecular flexibility index (Phi) is 16.6. The maximum Gasteiger partial charge on any atom is 0.243 e. The zero-order valence-corrected chi connectivity index (χ0v) is 36.2. The Morgan fingerprint density at radius 1 is 0.679 bits per heavy atom. The molecule has 0 bridgehead atoms. The van der Waals surface area contributed by atoms with Gasteiger partial charge in [-0.15, -0.1) is 16.4 Å². The third-order valence-electron chi connectivity index (χ3n) is 13.5. The lowest BCUT2D eigenvalue weighted by molar-refractivity contribution is -0.133. The van der Waals surface area contributed by atoms with Gasteiger partial charge in [-0.3, -0.25) is 24.6 Å². The Morgan fingerprint density at radius 3 is 1.64 bits per heavy atom. The second kappa shape index (κ2) is 19.2. The number of benzene rings is 2. The van der Waals surface area contributed by atoms with Gasteiger partial charge in [0.2, 0.25) is 23.6 Å². The van der Waals surface area contributed by atoms with Crippen molar-refractivity contribution < 1.29 is 19.2 Å². The van der Waals surface area contributed by atoms with Crippen LogP contribution in [0.2, 0.25) is 15.6 Å². The molecule has 2 aromatic rings. The van der Waals surface area contributed by atoms with Crippen LogP contribution < -0.4 is 71.5 Å². The smallest absolute Gasteiger partial charge is 0.243 e. The molecule has 2 aromatic carbocycles. The number of primary amides is 1. The summed E-state index contributed by atoms with van der Waals surface area (Å²) in [7, 11) is 25.9. The highest BCUT2D eigenvalue weighted by molar-refractivity contribution is 6.68. The maximum absolute atomic E-state index is 14.7. The van der Waals surface area contributed by atoms with Gasteiger partial charge < -0.3 is 44.2 Å². The van der Waals surface area contributed by atoms with Crippen molar-refractivity contribution in [2.75, 3.05) is 6.54 Å². The van der Waals surface area contributed by atoms with E-state index >= 15 is 0 Å². The normalized spacial score (nSPS) is 14.3. The molecule has 4 amide bonds. The molecule has 26 heteroatoms. The minimum atomic E-state index is -1.17. The highest BCUT2D eigenvalue weighted by Gasteiger charge is 2.56. The van der Waals surface area contributed by atoms with E-state index in [9.17, 15) is 19.2 Å². The summed E-state index contributed by atoms with van der Waals surface area (Å²) in [6, 6.07) is 4.95. The third-order valence-corrected chi connectivity index (χ3v) is 13.5. The van der Waals surface area contributed by atoms with Gasteiger partial charge in [-0.05, 0) is 24.8 Å². The van der Waals surface area contributed by atoms with Gasteiger partial charge in [0.05, 0.1) is 43.5 Å². The molecule has 0 fully saturated rings. The van der Waals surface area contributed by atoms with Crippen LogP contribution in [0.25, 0.3) is 0 Å². The Balaban J connectivity index is 2.63. The zero-order valence-electron chi connectivity index (χ0n) is 36.2. The summed E-state index contributed by atoms with van der Waals surface area (Å²) < 4.78 is 0. The summed E-state index contributed by atoms with van der Waals surface area (Å²) in [4.78, 5) is 55.8. The van der Waals surface area contributed by atoms with Gasteiger partial charge in [-0.25, -0.2) is 0 Å². The molecule has 0 heterocycles. The van der Waals surface area contributed by atoms with Gasteiger partial charge in [0, 0.05) is 13.0 Å². The molecular weight excluding hydrogens is 691 g/mol. The molecule has 13 N–H and O–H groups in total. The van der Waals surface area contributed by atoms with E-state index in [1.54, 1.807) is 0 Å². The van der Waals surface area contributed by atoms with Crippen LogP contribution in [0.15, 0.2) is 30.3 Å². The monoisotopic (exact) mass is 752 g/mol. The number of hydrogen-bond donors (Lipinski definition) is 9. The first-order chi connectivity index (χ1) is 25.6. The molecule has 0 aliphatic heterocycles. The molecule has 286 valence electrons. The van der Waals surface area contributed by atoms with Crippen LogP contribution >= 0.6 is 0 Å². The van der Waals surface area contributed by atoms with Crippen LogP contribution in [0.4, 0.5) is 0 Å². The van der Waals surface area contributed by atoms with E-state index in [4.69, 9.17) is 28.3 Å². The largest absolute Gasteiger partial charge is 0.370 e. The molecule has 13 nitrogen and oxygen atoms in total. The molecule has 0 aliphatic rings. The quantitative estimate of drug-likeness (QED) is 0.0289. The van der Waals surface area contributed by atoms with Gasteiger partial charge in [-0.1, -0.05) is 67.8 Å². The Labute approximate surface area is 345 Å². The van der Waals surface area contributed by atoms with Crippen LogP contribution in [-0.4, -0.2) is 168 Å². The van der Waals surface area contributed by atoms with Crippen LogP contribution in [0, 0.1) is 5.41 Å². The summed E-state index contributed by atoms with van der Waals surface area (Å²) >= 11 is 0. The van der Waals surface area contributed by atoms with Crippen molar-refractivity contribution >= 4 is 159 Å². The van der Waals surface area contributed by atoms with Crippen molar-refractivity contribution in [1.82, 2.24) is 21.3 Å². The van der Waals surface area contributed by atoms with E-state index in [1.807, 2.05) is 124 Å². The first-order valence-electron chi connectivity index (χ1n) is 19.5. The number of guanidine groups is 1. The number of nitrogens with two attached hydrogens (primary N) is 4. The minimum absolute atomic E-state index is 0.105. The number of nitrogens with one attached hydrogen (secondary N) is 5. The van der Waals surface area contributed by atoms with Crippen molar-refractivity contribution in [1.29, 1.82) is 5.41 Å². The Bertz CT molecular complexity index is 1750. The van der Waals surface area contributed by atoms with E-state index in [-0.39, 0.29) is 31.8 Å². The third kappa shape index (κ3) is 11.3. The van der Waals surface area contributed by atoms with E-state index in [2.05, 4.69) is 29.1 Å². The summed E-state index contributed by atoms with van der Waals surface area (Å²) in [6.07, 6.45) is 0.868. The molecule has 0 saturated heterocycles. The standard InChI is InChI=1S/C30H58B13N9O4/c31-16-12(17(32)19(34)20(35)18(16)33)10-15(25(56)52-21(22(45)53)27(36,37)28(38,39)29(40,41)30(42,43)48)51-24(55)14(7-4-8-49-26(46)47)50-23(54)13(44)9-11-5-2-1-3-6-11/h1-3,5-6,13-15,21H,4,7-10,31-44,48H2,(H2,45,53)(H,50,54)(H,51,55)(H,52,56)(H4,46,47,49)/t13-,14+,15-,21?/m0/s1. The van der Waals surface area contributed by atoms with Crippen molar-refractivity contribution in [2.45, 2.75) is 70.8 Å². The molecule has 0 spiro atoms. The Hall–Kier alpha value is -3.65. The fourth-order valence-corrected chi connectivity index (χ4v) is 7.43. The van der Waals surface area contributed by atoms with Gasteiger partial charge >= 0.3 is 0 Å². The van der Waals surface area contributed by atoms with Gasteiger partial charge in [0.1, 0.15) is 82.7 Å². The van der Waals surface area contributed by atoms with Crippen LogP contribution in [0.3, 0.4) is 0 Å². The van der Waals surface area contributed by atoms with Crippen LogP contribution in [0.5, 0.6) is 0 Å². The van der Waals surface area contributed by atoms with Crippen LogP contribution in [-0.2, 0) is 32.0 Å². The topological polar surface area (TPSA) is 244 Å². The lowest BCUT2D eigenvalue weighted by Crippen LogP contribution is -2.67. The molecule has 1 unspecified atom stereocenters. The fraction of sp³-hybridized carbons (Fsp3) is 0.433. The van der Waals surface area contributed by atoms with E-state index in [1.165, 1.54) is 0 Å². The van der Waals surface area contributed by atoms with E-state index < -0.39 is 68.8 Å². The number of carbonyl (C=O) groups excluding carboxylic acids is 4. The van der Waals surface area contributed by atoms with Gasteiger partial charge in [-0.2, -0.15) is 0 Å². The van der Waals surface area contributed by atoms with Crippen molar-refractivity contribution in [3.8, 4) is 0 Å². The first kappa shape index (κ1) is 48.5. The predicted molar refractivity (Wildman–Crippen MR) is 267 cm³/mol. The van der Waals surface area contributed by atoms with Gasteiger partial charge in [0.25, 0.3) is 0 Å². The highest BCUT2D eigenvalue weighted by atomic mass is 16.2. The first-order valence-corrected chi connectivity index (χ1v) is 19.5. The average Bonchev–Trinajstić information content (AvgIpc) is 3.10. The van der Waals surface area contributed by atoms with Gasteiger partial charge in [0.15, 0.2) is 5.96 Å². The van der Waals surface area contributed by atoms with Crippen molar-refractivity contribution in [3.63, 3.8) is 0 Å². The second-order valence-electron chi connectivity index (χ2n) is 17.7. The lowest BCUT2D eigenvalue weighted by atomic mass is 9.11. The minimum Gasteiger partial charge on any atom is -0.370 e. The highest BCUT2D eigenvalue weighted by Crippen LogP contribution is 2.60. The lowest BCUT2D eigenvalue weighted by Gasteiger charge is -2.61. The average molecular weight is 749 g/mol. The summed E-state index contributed by atoms with van der Waals surface area (Å²) in [5, 5.41) is 16.1. The molecule has 56 heavy (non-hydrogen) atoms. The maximum atomic E-state index is 14.7. The number of carbonyl (C=O) groups is 4. The van der Waals surface area contributed by atoms with Crippen LogP contribution in [0.1, 0.15) is 24.0 Å². The SMILES string of the molecule is Bc1c(B)c(B)c(C[C@H](NC(=O)[C@@H](CCCNC(=N)N)NC(=O)[C@@H](N)Cc2ccccc2)C(=O)NC(C(N)=O)C(B)(B)C(B)(B)C(B)(B)C(B)(B)N)c(B)c1B. The molecule has 0 radical (unpaired) electrons. The van der Waals surface area contributed by atoms with Crippen molar-refractivity contribution in [2.24, 2.45) is 22.9 Å².